The maximum Gasteiger partial charge on any atom is 0.338 e. The second-order valence-electron chi connectivity index (χ2n) is 4.80. The first-order valence-electron chi connectivity index (χ1n) is 6.46. The summed E-state index contributed by atoms with van der Waals surface area (Å²) in [6.45, 7) is 3.86. The van der Waals surface area contributed by atoms with E-state index < -0.39 is 0 Å². The second-order valence-corrected chi connectivity index (χ2v) is 4.80. The third-order valence-corrected chi connectivity index (χ3v) is 3.43. The van der Waals surface area contributed by atoms with E-state index in [-0.39, 0.29) is 5.97 Å². The van der Waals surface area contributed by atoms with E-state index in [0.29, 0.717) is 17.0 Å². The van der Waals surface area contributed by atoms with Crippen LogP contribution < -0.4 is 0 Å². The molecule has 0 saturated heterocycles. The van der Waals surface area contributed by atoms with Gasteiger partial charge < -0.3 is 4.74 Å². The topological polar surface area (TPSA) is 69.4 Å². The van der Waals surface area contributed by atoms with E-state index in [1.54, 1.807) is 24.7 Å². The first-order valence-corrected chi connectivity index (χ1v) is 6.46. The highest BCUT2D eigenvalue weighted by atomic mass is 16.5. The van der Waals surface area contributed by atoms with Gasteiger partial charge in [0.15, 0.2) is 11.5 Å². The van der Waals surface area contributed by atoms with Gasteiger partial charge in [0.05, 0.1) is 18.9 Å². The van der Waals surface area contributed by atoms with Crippen LogP contribution in [-0.2, 0) is 4.74 Å². The molecule has 0 atom stereocenters. The van der Waals surface area contributed by atoms with Gasteiger partial charge in [-0.05, 0) is 31.0 Å². The molecule has 6 nitrogen and oxygen atoms in total. The SMILES string of the molecule is COC(=O)c1cc(-c2nnc3cnccn23)c(C)cc1C. The van der Waals surface area contributed by atoms with Crippen molar-refractivity contribution in [2.45, 2.75) is 13.8 Å². The molecule has 0 aliphatic carbocycles. The van der Waals surface area contributed by atoms with Crippen LogP contribution in [0.5, 0.6) is 0 Å². The molecule has 0 aliphatic heterocycles. The number of aromatic nitrogens is 4. The molecule has 6 heteroatoms. The molecule has 2 heterocycles. The molecule has 0 bridgehead atoms. The van der Waals surface area contributed by atoms with Gasteiger partial charge in [0.1, 0.15) is 0 Å². The number of carbonyl (C=O) groups excluding carboxylic acids is 1. The highest BCUT2D eigenvalue weighted by Crippen LogP contribution is 2.26. The van der Waals surface area contributed by atoms with Crippen molar-refractivity contribution in [3.63, 3.8) is 0 Å². The zero-order chi connectivity index (χ0) is 15.0. The van der Waals surface area contributed by atoms with Gasteiger partial charge in [-0.25, -0.2) is 4.79 Å². The van der Waals surface area contributed by atoms with Crippen LogP contribution in [0.15, 0.2) is 30.7 Å². The van der Waals surface area contributed by atoms with Crippen LogP contribution in [-0.4, -0.2) is 32.7 Å². The van der Waals surface area contributed by atoms with Crippen LogP contribution in [0.3, 0.4) is 0 Å². The minimum atomic E-state index is -0.357. The second kappa shape index (κ2) is 4.97. The lowest BCUT2D eigenvalue weighted by molar-refractivity contribution is 0.0600. The molecule has 0 saturated carbocycles. The number of esters is 1. The molecule has 106 valence electrons. The van der Waals surface area contributed by atoms with E-state index >= 15 is 0 Å². The molecule has 3 aromatic rings. The summed E-state index contributed by atoms with van der Waals surface area (Å²) in [5.41, 5.74) is 3.93. The summed E-state index contributed by atoms with van der Waals surface area (Å²) in [5.74, 6) is 0.319. The highest BCUT2D eigenvalue weighted by Gasteiger charge is 2.16. The van der Waals surface area contributed by atoms with Crippen molar-refractivity contribution in [1.29, 1.82) is 0 Å². The molecule has 0 fully saturated rings. The smallest absolute Gasteiger partial charge is 0.338 e. The van der Waals surface area contributed by atoms with Crippen molar-refractivity contribution in [3.05, 3.63) is 47.4 Å². The highest BCUT2D eigenvalue weighted by molar-refractivity contribution is 5.92. The maximum atomic E-state index is 11.9. The number of aryl methyl sites for hydroxylation is 2. The Hall–Kier alpha value is -2.76. The monoisotopic (exact) mass is 282 g/mol. The zero-order valence-corrected chi connectivity index (χ0v) is 12.0. The average Bonchev–Trinajstić information content (AvgIpc) is 2.90. The zero-order valence-electron chi connectivity index (χ0n) is 12.0. The van der Waals surface area contributed by atoms with Crippen molar-refractivity contribution in [2.24, 2.45) is 0 Å². The lowest BCUT2D eigenvalue weighted by atomic mass is 9.99. The third-order valence-electron chi connectivity index (χ3n) is 3.43. The number of hydrogen-bond donors (Lipinski definition) is 0. The molecule has 0 N–H and O–H groups in total. The Kier molecular flexibility index (Phi) is 3.13. The molecular formula is C15H14N4O2. The quantitative estimate of drug-likeness (QED) is 0.674. The Morgan fingerprint density at radius 2 is 2.00 bits per heavy atom. The maximum absolute atomic E-state index is 11.9. The van der Waals surface area contributed by atoms with E-state index in [1.807, 2.05) is 24.3 Å². The lowest BCUT2D eigenvalue weighted by Gasteiger charge is -2.10. The van der Waals surface area contributed by atoms with Crippen molar-refractivity contribution in [3.8, 4) is 11.4 Å². The average molecular weight is 282 g/mol. The van der Waals surface area contributed by atoms with Crippen LogP contribution in [0.2, 0.25) is 0 Å². The van der Waals surface area contributed by atoms with Crippen molar-refractivity contribution >= 4 is 11.6 Å². The Morgan fingerprint density at radius 3 is 2.76 bits per heavy atom. The Bertz CT molecular complexity index is 839. The third kappa shape index (κ3) is 2.14. The normalized spacial score (nSPS) is 10.8. The van der Waals surface area contributed by atoms with E-state index in [2.05, 4.69) is 15.2 Å². The molecule has 0 aliphatic rings. The summed E-state index contributed by atoms with van der Waals surface area (Å²) >= 11 is 0. The van der Waals surface area contributed by atoms with Gasteiger partial charge in [-0.2, -0.15) is 0 Å². The van der Waals surface area contributed by atoms with Crippen LogP contribution in [0.4, 0.5) is 0 Å². The Morgan fingerprint density at radius 1 is 1.19 bits per heavy atom. The van der Waals surface area contributed by atoms with Gasteiger partial charge in [-0.3, -0.25) is 9.38 Å². The number of ether oxygens (including phenoxy) is 1. The summed E-state index contributed by atoms with van der Waals surface area (Å²) in [7, 11) is 1.37. The van der Waals surface area contributed by atoms with Gasteiger partial charge in [-0.1, -0.05) is 6.07 Å². The fraction of sp³-hybridized carbons (Fsp3) is 0.200. The summed E-state index contributed by atoms with van der Waals surface area (Å²) in [6, 6.07) is 3.75. The van der Waals surface area contributed by atoms with Crippen LogP contribution in [0.25, 0.3) is 17.0 Å². The minimum Gasteiger partial charge on any atom is -0.465 e. The molecule has 21 heavy (non-hydrogen) atoms. The summed E-state index contributed by atoms with van der Waals surface area (Å²) in [5, 5.41) is 8.29. The molecule has 2 aromatic heterocycles. The number of nitrogens with zero attached hydrogens (tertiary/aromatic N) is 4. The molecular weight excluding hydrogens is 268 g/mol. The fourth-order valence-electron chi connectivity index (χ4n) is 2.36. The summed E-state index contributed by atoms with van der Waals surface area (Å²) < 4.78 is 6.66. The Balaban J connectivity index is 2.25. The van der Waals surface area contributed by atoms with Gasteiger partial charge in [0, 0.05) is 18.0 Å². The minimum absolute atomic E-state index is 0.357. The van der Waals surface area contributed by atoms with E-state index in [9.17, 15) is 4.79 Å². The van der Waals surface area contributed by atoms with Crippen molar-refractivity contribution in [1.82, 2.24) is 19.6 Å². The van der Waals surface area contributed by atoms with Crippen LogP contribution in [0, 0.1) is 13.8 Å². The Labute approximate surface area is 121 Å². The van der Waals surface area contributed by atoms with Crippen LogP contribution in [0.1, 0.15) is 21.5 Å². The summed E-state index contributed by atoms with van der Waals surface area (Å²) in [4.78, 5) is 15.9. The molecule has 0 unspecified atom stereocenters. The standard InChI is InChI=1S/C15H14N4O2/c1-9-6-10(2)12(15(20)21-3)7-11(9)14-18-17-13-8-16-4-5-19(13)14/h4-8H,1-3H3. The van der Waals surface area contributed by atoms with Gasteiger partial charge >= 0.3 is 5.97 Å². The molecule has 0 amide bonds. The molecule has 1 aromatic carbocycles. The molecule has 0 radical (unpaired) electrons. The predicted octanol–water partition coefficient (Wildman–Crippen LogP) is 2.19. The number of benzene rings is 1. The van der Waals surface area contributed by atoms with Crippen LogP contribution >= 0.6 is 0 Å². The first-order chi connectivity index (χ1) is 10.1. The summed E-state index contributed by atoms with van der Waals surface area (Å²) in [6.07, 6.45) is 5.10. The van der Waals surface area contributed by atoms with Gasteiger partial charge in [0.2, 0.25) is 0 Å². The van der Waals surface area contributed by atoms with Crippen molar-refractivity contribution in [2.75, 3.05) is 7.11 Å². The first kappa shape index (κ1) is 13.2. The molecule has 3 rings (SSSR count). The number of methoxy groups -OCH3 is 1. The van der Waals surface area contributed by atoms with Crippen molar-refractivity contribution < 1.29 is 9.53 Å². The van der Waals surface area contributed by atoms with E-state index in [1.165, 1.54) is 7.11 Å². The number of hydrogen-bond acceptors (Lipinski definition) is 5. The van der Waals surface area contributed by atoms with Gasteiger partial charge in [0.25, 0.3) is 0 Å². The van der Waals surface area contributed by atoms with E-state index in [4.69, 9.17) is 4.74 Å². The van der Waals surface area contributed by atoms with Gasteiger partial charge in [-0.15, -0.1) is 10.2 Å². The largest absolute Gasteiger partial charge is 0.465 e. The predicted molar refractivity (Wildman–Crippen MR) is 77.0 cm³/mol. The fourth-order valence-corrected chi connectivity index (χ4v) is 2.36. The number of carbonyl (C=O) groups is 1. The van der Waals surface area contributed by atoms with E-state index in [0.717, 1.165) is 16.7 Å². The number of rotatable bonds is 2. The number of fused-ring (bicyclic) bond motifs is 1. The lowest BCUT2D eigenvalue weighted by Crippen LogP contribution is -2.05. The molecule has 0 spiro atoms.